The lowest BCUT2D eigenvalue weighted by Crippen LogP contribution is -2.53. The van der Waals surface area contributed by atoms with E-state index in [1.807, 2.05) is 24.3 Å². The SMILES string of the molecule is O=C(NCc1ccccn1)[C@@H]1Cc2cc([N+](=O)[O-])ccc2N2CCCC[C@H]12. The number of hydrogen-bond donors (Lipinski definition) is 1. The summed E-state index contributed by atoms with van der Waals surface area (Å²) in [5.74, 6) is -0.210. The van der Waals surface area contributed by atoms with Gasteiger partial charge >= 0.3 is 0 Å². The number of nitrogens with one attached hydrogen (secondary N) is 1. The lowest BCUT2D eigenvalue weighted by molar-refractivity contribution is -0.384. The topological polar surface area (TPSA) is 88.4 Å². The summed E-state index contributed by atoms with van der Waals surface area (Å²) in [7, 11) is 0. The Balaban J connectivity index is 1.57. The molecular weight excluding hydrogens is 344 g/mol. The molecular formula is C20H22N4O3. The molecule has 0 unspecified atom stereocenters. The minimum atomic E-state index is -0.376. The largest absolute Gasteiger partial charge is 0.368 e. The molecule has 4 rings (SSSR count). The molecule has 0 spiro atoms. The molecule has 0 bridgehead atoms. The summed E-state index contributed by atoms with van der Waals surface area (Å²) in [6, 6.07) is 10.8. The van der Waals surface area contributed by atoms with Gasteiger partial charge < -0.3 is 10.2 Å². The fourth-order valence-electron chi connectivity index (χ4n) is 4.26. The summed E-state index contributed by atoms with van der Waals surface area (Å²) in [5, 5.41) is 14.2. The number of nitro groups is 1. The number of aromatic nitrogens is 1. The second kappa shape index (κ2) is 7.34. The number of pyridine rings is 1. The van der Waals surface area contributed by atoms with Crippen molar-refractivity contribution in [3.63, 3.8) is 0 Å². The monoisotopic (exact) mass is 366 g/mol. The number of piperidine rings is 1. The van der Waals surface area contributed by atoms with Gasteiger partial charge in [-0.1, -0.05) is 6.07 Å². The maximum absolute atomic E-state index is 13.0. The minimum Gasteiger partial charge on any atom is -0.368 e. The van der Waals surface area contributed by atoms with E-state index in [0.29, 0.717) is 13.0 Å². The Bertz CT molecular complexity index is 856. The predicted molar refractivity (Wildman–Crippen MR) is 101 cm³/mol. The van der Waals surface area contributed by atoms with Gasteiger partial charge in [-0.05, 0) is 49.4 Å². The zero-order valence-electron chi connectivity index (χ0n) is 15.0. The smallest absolute Gasteiger partial charge is 0.269 e. The Morgan fingerprint density at radius 3 is 2.96 bits per heavy atom. The van der Waals surface area contributed by atoms with Gasteiger partial charge in [-0.15, -0.1) is 0 Å². The Morgan fingerprint density at radius 1 is 1.30 bits per heavy atom. The highest BCUT2D eigenvalue weighted by atomic mass is 16.6. The summed E-state index contributed by atoms with van der Waals surface area (Å²) in [5.41, 5.74) is 2.83. The summed E-state index contributed by atoms with van der Waals surface area (Å²) in [6.45, 7) is 1.28. The van der Waals surface area contributed by atoms with Crippen LogP contribution in [0.1, 0.15) is 30.5 Å². The van der Waals surface area contributed by atoms with Crippen LogP contribution in [-0.2, 0) is 17.8 Å². The van der Waals surface area contributed by atoms with Crippen LogP contribution in [0.2, 0.25) is 0 Å². The first-order valence-electron chi connectivity index (χ1n) is 9.35. The summed E-state index contributed by atoms with van der Waals surface area (Å²) < 4.78 is 0. The van der Waals surface area contributed by atoms with Gasteiger partial charge in [0.2, 0.25) is 5.91 Å². The second-order valence-electron chi connectivity index (χ2n) is 7.18. The van der Waals surface area contributed by atoms with Gasteiger partial charge in [0.25, 0.3) is 5.69 Å². The van der Waals surface area contributed by atoms with Crippen LogP contribution >= 0.6 is 0 Å². The van der Waals surface area contributed by atoms with Crippen molar-refractivity contribution in [2.75, 3.05) is 11.4 Å². The highest BCUT2D eigenvalue weighted by molar-refractivity contribution is 5.82. The standard InChI is InChI=1S/C20H22N4O3/c25-20(22-13-15-5-1-3-9-21-15)17-12-14-11-16(24(26)27)7-8-18(14)23-10-4-2-6-19(17)23/h1,3,5,7-9,11,17,19H,2,4,6,10,12-13H2,(H,22,25)/t17-,19-/m1/s1. The normalized spacial score (nSPS) is 21.1. The van der Waals surface area contributed by atoms with Gasteiger partial charge in [0.1, 0.15) is 0 Å². The molecule has 3 heterocycles. The lowest BCUT2D eigenvalue weighted by Gasteiger charge is -2.45. The fourth-order valence-corrected chi connectivity index (χ4v) is 4.26. The number of non-ortho nitro benzene ring substituents is 1. The molecule has 7 heteroatoms. The first-order valence-corrected chi connectivity index (χ1v) is 9.35. The van der Waals surface area contributed by atoms with E-state index in [4.69, 9.17) is 0 Å². The summed E-state index contributed by atoms with van der Waals surface area (Å²) >= 11 is 0. The van der Waals surface area contributed by atoms with Crippen LogP contribution < -0.4 is 10.2 Å². The Kier molecular flexibility index (Phi) is 4.75. The van der Waals surface area contributed by atoms with Gasteiger partial charge in [-0.2, -0.15) is 0 Å². The third-order valence-electron chi connectivity index (χ3n) is 5.54. The average Bonchev–Trinajstić information content (AvgIpc) is 2.71. The highest BCUT2D eigenvalue weighted by Crippen LogP contribution is 2.39. The van der Waals surface area contributed by atoms with Gasteiger partial charge in [0, 0.05) is 36.6 Å². The quantitative estimate of drug-likeness (QED) is 0.664. The van der Waals surface area contributed by atoms with Crippen LogP contribution in [-0.4, -0.2) is 28.4 Å². The van der Waals surface area contributed by atoms with Crippen molar-refractivity contribution in [2.24, 2.45) is 5.92 Å². The van der Waals surface area contributed by atoms with Crippen LogP contribution in [0.5, 0.6) is 0 Å². The lowest BCUT2D eigenvalue weighted by atomic mass is 9.80. The van der Waals surface area contributed by atoms with Crippen molar-refractivity contribution in [2.45, 2.75) is 38.3 Å². The number of benzene rings is 1. The molecule has 27 heavy (non-hydrogen) atoms. The molecule has 0 saturated carbocycles. The van der Waals surface area contributed by atoms with Gasteiger partial charge in [0.05, 0.1) is 23.1 Å². The zero-order valence-corrected chi connectivity index (χ0v) is 15.0. The Hall–Kier alpha value is -2.96. The van der Waals surface area contributed by atoms with E-state index in [2.05, 4.69) is 15.2 Å². The number of hydrogen-bond acceptors (Lipinski definition) is 5. The maximum Gasteiger partial charge on any atom is 0.269 e. The molecule has 1 aromatic carbocycles. The van der Waals surface area contributed by atoms with E-state index >= 15 is 0 Å². The molecule has 2 aliphatic rings. The van der Waals surface area contributed by atoms with Crippen molar-refractivity contribution < 1.29 is 9.72 Å². The molecule has 1 amide bonds. The van der Waals surface area contributed by atoms with E-state index in [1.54, 1.807) is 18.3 Å². The molecule has 1 fully saturated rings. The van der Waals surface area contributed by atoms with Crippen molar-refractivity contribution in [3.05, 3.63) is 64.0 Å². The number of nitrogens with zero attached hydrogens (tertiary/aromatic N) is 3. The number of anilines is 1. The molecule has 0 radical (unpaired) electrons. The van der Waals surface area contributed by atoms with Crippen molar-refractivity contribution in [1.82, 2.24) is 10.3 Å². The number of nitro benzene ring substituents is 1. The molecule has 1 N–H and O–H groups in total. The molecule has 2 aromatic rings. The van der Waals surface area contributed by atoms with Crippen LogP contribution in [0.15, 0.2) is 42.6 Å². The van der Waals surface area contributed by atoms with E-state index < -0.39 is 0 Å². The van der Waals surface area contributed by atoms with Crippen molar-refractivity contribution >= 4 is 17.3 Å². The molecule has 2 atom stereocenters. The average molecular weight is 366 g/mol. The predicted octanol–water partition coefficient (Wildman–Crippen LogP) is 2.84. The number of rotatable bonds is 4. The van der Waals surface area contributed by atoms with Gasteiger partial charge in [0.15, 0.2) is 0 Å². The summed E-state index contributed by atoms with van der Waals surface area (Å²) in [4.78, 5) is 30.2. The molecule has 1 aromatic heterocycles. The molecule has 0 aliphatic carbocycles. The highest BCUT2D eigenvalue weighted by Gasteiger charge is 2.39. The number of fused-ring (bicyclic) bond motifs is 3. The van der Waals surface area contributed by atoms with Gasteiger partial charge in [-0.3, -0.25) is 19.9 Å². The Labute approximate surface area is 157 Å². The van der Waals surface area contributed by atoms with Crippen molar-refractivity contribution in [3.8, 4) is 0 Å². The first-order chi connectivity index (χ1) is 13.1. The van der Waals surface area contributed by atoms with Crippen LogP contribution in [0.25, 0.3) is 0 Å². The second-order valence-corrected chi connectivity index (χ2v) is 7.18. The third-order valence-corrected chi connectivity index (χ3v) is 5.54. The van der Waals surface area contributed by atoms with Crippen LogP contribution in [0.3, 0.4) is 0 Å². The number of carbonyl (C=O) groups is 1. The van der Waals surface area contributed by atoms with Gasteiger partial charge in [-0.25, -0.2) is 0 Å². The fraction of sp³-hybridized carbons (Fsp3) is 0.400. The van der Waals surface area contributed by atoms with E-state index in [1.165, 1.54) is 0 Å². The minimum absolute atomic E-state index is 0.00490. The molecule has 2 aliphatic heterocycles. The van der Waals surface area contributed by atoms with Crippen LogP contribution in [0, 0.1) is 16.0 Å². The molecule has 1 saturated heterocycles. The molecule has 7 nitrogen and oxygen atoms in total. The number of amides is 1. The third kappa shape index (κ3) is 3.49. The Morgan fingerprint density at radius 2 is 2.19 bits per heavy atom. The number of carbonyl (C=O) groups excluding carboxylic acids is 1. The van der Waals surface area contributed by atoms with E-state index in [-0.39, 0.29) is 28.5 Å². The van der Waals surface area contributed by atoms with E-state index in [0.717, 1.165) is 42.8 Å². The summed E-state index contributed by atoms with van der Waals surface area (Å²) in [6.07, 6.45) is 5.40. The van der Waals surface area contributed by atoms with E-state index in [9.17, 15) is 14.9 Å². The van der Waals surface area contributed by atoms with Crippen molar-refractivity contribution in [1.29, 1.82) is 0 Å². The first kappa shape index (κ1) is 17.5. The molecule has 140 valence electrons. The zero-order chi connectivity index (χ0) is 18.8. The van der Waals surface area contributed by atoms with Crippen LogP contribution in [0.4, 0.5) is 11.4 Å². The maximum atomic E-state index is 13.0.